The summed E-state index contributed by atoms with van der Waals surface area (Å²) >= 11 is 6.82. The second kappa shape index (κ2) is 5.84. The summed E-state index contributed by atoms with van der Waals surface area (Å²) in [6, 6.07) is 0. The fourth-order valence-corrected chi connectivity index (χ4v) is 8.61. The van der Waals surface area contributed by atoms with Gasteiger partial charge in [-0.3, -0.25) is 14.4 Å². The molecule has 3 saturated carbocycles. The van der Waals surface area contributed by atoms with Gasteiger partial charge in [-0.15, -0.1) is 11.6 Å². The van der Waals surface area contributed by atoms with Crippen LogP contribution in [0.15, 0.2) is 23.8 Å². The van der Waals surface area contributed by atoms with E-state index in [0.717, 1.165) is 19.3 Å². The average Bonchev–Trinajstić information content (AvgIpc) is 3.41. The molecule has 5 aliphatic carbocycles. The van der Waals surface area contributed by atoms with Crippen LogP contribution in [0.25, 0.3) is 0 Å². The van der Waals surface area contributed by atoms with E-state index in [1.807, 2.05) is 6.08 Å². The molecule has 0 N–H and O–H groups in total. The molecule has 5 heteroatoms. The van der Waals surface area contributed by atoms with Crippen LogP contribution in [0.2, 0.25) is 0 Å². The zero-order valence-electron chi connectivity index (χ0n) is 17.5. The minimum atomic E-state index is -1.26. The monoisotopic (exact) mass is 416 g/mol. The average molecular weight is 417 g/mol. The molecule has 0 heterocycles. The minimum absolute atomic E-state index is 0.0179. The Hall–Kier alpha value is -1.42. The summed E-state index contributed by atoms with van der Waals surface area (Å²) in [5, 5.41) is -0.516. The Morgan fingerprint density at radius 3 is 2.52 bits per heavy atom. The van der Waals surface area contributed by atoms with E-state index in [1.54, 1.807) is 0 Å². The lowest BCUT2D eigenvalue weighted by Gasteiger charge is -2.57. The van der Waals surface area contributed by atoms with Gasteiger partial charge in [0.05, 0.1) is 5.38 Å². The zero-order valence-corrected chi connectivity index (χ0v) is 18.3. The molecule has 0 aromatic carbocycles. The molecule has 5 rings (SSSR count). The van der Waals surface area contributed by atoms with E-state index in [4.69, 9.17) is 16.3 Å². The van der Waals surface area contributed by atoms with E-state index in [-0.39, 0.29) is 29.0 Å². The number of ketones is 2. The van der Waals surface area contributed by atoms with Gasteiger partial charge in [0.2, 0.25) is 0 Å². The zero-order chi connectivity index (χ0) is 20.9. The van der Waals surface area contributed by atoms with Crippen molar-refractivity contribution in [2.24, 2.45) is 40.4 Å². The number of rotatable bonds is 2. The molecule has 156 valence electrons. The van der Waals surface area contributed by atoms with Crippen molar-refractivity contribution >= 4 is 29.1 Å². The molecule has 0 radical (unpaired) electrons. The van der Waals surface area contributed by atoms with Crippen molar-refractivity contribution < 1.29 is 19.1 Å². The number of hydrogen-bond donors (Lipinski definition) is 0. The van der Waals surface area contributed by atoms with Crippen molar-refractivity contribution in [2.75, 3.05) is 0 Å². The van der Waals surface area contributed by atoms with Gasteiger partial charge in [-0.25, -0.2) is 0 Å². The number of allylic oxidation sites excluding steroid dienone is 4. The highest BCUT2D eigenvalue weighted by molar-refractivity contribution is 6.24. The highest BCUT2D eigenvalue weighted by atomic mass is 35.5. The fourth-order valence-electron chi connectivity index (χ4n) is 7.97. The van der Waals surface area contributed by atoms with Crippen molar-refractivity contribution in [2.45, 2.75) is 64.4 Å². The van der Waals surface area contributed by atoms with Gasteiger partial charge in [0.1, 0.15) is 0 Å². The topological polar surface area (TPSA) is 60.4 Å². The van der Waals surface area contributed by atoms with Gasteiger partial charge < -0.3 is 4.74 Å². The third-order valence-electron chi connectivity index (χ3n) is 9.41. The number of esters is 1. The van der Waals surface area contributed by atoms with E-state index in [0.29, 0.717) is 24.0 Å². The van der Waals surface area contributed by atoms with Gasteiger partial charge in [-0.2, -0.15) is 0 Å². The van der Waals surface area contributed by atoms with Crippen LogP contribution in [-0.2, 0) is 19.1 Å². The van der Waals surface area contributed by atoms with Crippen LogP contribution >= 0.6 is 11.6 Å². The fraction of sp³-hybridized carbons (Fsp3) is 0.708. The molecule has 0 bridgehead atoms. The first kappa shape index (κ1) is 19.5. The molecule has 4 nitrogen and oxygen atoms in total. The SMILES string of the molecule is CC(=O)O[C@]1(C(C)=O)[C@@H](Cl)C[C@H]2[C@@H]3C=CC4=CC(=O)[C@@H]5C[C@@H]5[C@]4(C)[C@H]3CC[C@@]21C. The van der Waals surface area contributed by atoms with Crippen LogP contribution in [0.1, 0.15) is 53.4 Å². The number of carbonyl (C=O) groups excluding carboxylic acids is 3. The van der Waals surface area contributed by atoms with Gasteiger partial charge >= 0.3 is 5.97 Å². The molecule has 0 saturated heterocycles. The predicted molar refractivity (Wildman–Crippen MR) is 109 cm³/mol. The first-order valence-corrected chi connectivity index (χ1v) is 11.3. The normalized spacial score (nSPS) is 51.9. The van der Waals surface area contributed by atoms with Gasteiger partial charge in [0.25, 0.3) is 0 Å². The summed E-state index contributed by atoms with van der Waals surface area (Å²) in [6.45, 7) is 7.32. The summed E-state index contributed by atoms with van der Waals surface area (Å²) in [7, 11) is 0. The second-order valence-corrected chi connectivity index (χ2v) is 11.0. The van der Waals surface area contributed by atoms with Crippen LogP contribution in [0, 0.1) is 40.4 Å². The number of alkyl halides is 1. The Labute approximate surface area is 177 Å². The maximum atomic E-state index is 12.9. The van der Waals surface area contributed by atoms with Crippen LogP contribution < -0.4 is 0 Å². The molecule has 5 aliphatic rings. The molecular weight excluding hydrogens is 388 g/mol. The van der Waals surface area contributed by atoms with E-state index >= 15 is 0 Å². The Bertz CT molecular complexity index is 889. The largest absolute Gasteiger partial charge is 0.449 e. The number of halogens is 1. The third-order valence-corrected chi connectivity index (χ3v) is 9.90. The molecular formula is C24H29ClO4. The lowest BCUT2D eigenvalue weighted by atomic mass is 9.47. The lowest BCUT2D eigenvalue weighted by molar-refractivity contribution is -0.184. The number of ether oxygens (including phenoxy) is 1. The van der Waals surface area contributed by atoms with Gasteiger partial charge in [-0.05, 0) is 73.3 Å². The molecule has 0 aromatic rings. The number of carbonyl (C=O) groups is 3. The molecule has 9 atom stereocenters. The van der Waals surface area contributed by atoms with E-state index in [2.05, 4.69) is 26.0 Å². The summed E-state index contributed by atoms with van der Waals surface area (Å²) < 4.78 is 5.80. The molecule has 0 unspecified atom stereocenters. The molecule has 0 amide bonds. The summed E-state index contributed by atoms with van der Waals surface area (Å²) in [6.07, 6.45) is 9.71. The van der Waals surface area contributed by atoms with Crippen molar-refractivity contribution in [1.29, 1.82) is 0 Å². The van der Waals surface area contributed by atoms with Gasteiger partial charge in [0, 0.05) is 18.3 Å². The first-order valence-electron chi connectivity index (χ1n) is 10.9. The Kier molecular flexibility index (Phi) is 3.93. The Balaban J connectivity index is 1.59. The maximum Gasteiger partial charge on any atom is 0.303 e. The number of hydrogen-bond acceptors (Lipinski definition) is 4. The van der Waals surface area contributed by atoms with E-state index in [1.165, 1.54) is 19.4 Å². The van der Waals surface area contributed by atoms with Crippen LogP contribution in [0.3, 0.4) is 0 Å². The quantitative estimate of drug-likeness (QED) is 0.498. The number of Topliss-reactive ketones (excluding diaryl/α,β-unsaturated/α-hetero) is 1. The maximum absolute atomic E-state index is 12.9. The smallest absolute Gasteiger partial charge is 0.303 e. The van der Waals surface area contributed by atoms with E-state index in [9.17, 15) is 14.4 Å². The third kappa shape index (κ3) is 2.19. The highest BCUT2D eigenvalue weighted by Gasteiger charge is 2.72. The predicted octanol–water partition coefficient (Wildman–Crippen LogP) is 4.26. The lowest BCUT2D eigenvalue weighted by Crippen LogP contribution is -2.60. The second-order valence-electron chi connectivity index (χ2n) is 10.4. The standard InChI is InChI=1S/C24H29ClO4/c1-12(26)24(29-13(2)27)21(25)11-18-15-6-5-14-9-20(28)16-10-19(16)23(14,4)17(15)7-8-22(18,24)3/h5-6,9,15-19,21H,7-8,10-11H2,1-4H3/t15-,16-,17+,18+,19+,21+,22+,23+,24-/m1/s1. The highest BCUT2D eigenvalue weighted by Crippen LogP contribution is 2.71. The van der Waals surface area contributed by atoms with Crippen molar-refractivity contribution in [1.82, 2.24) is 0 Å². The van der Waals surface area contributed by atoms with Gasteiger partial charge in [-0.1, -0.05) is 26.0 Å². The van der Waals surface area contributed by atoms with Crippen molar-refractivity contribution in [3.8, 4) is 0 Å². The van der Waals surface area contributed by atoms with Crippen molar-refractivity contribution in [3.63, 3.8) is 0 Å². The van der Waals surface area contributed by atoms with Crippen LogP contribution in [0.5, 0.6) is 0 Å². The molecule has 29 heavy (non-hydrogen) atoms. The molecule has 0 spiro atoms. The Morgan fingerprint density at radius 2 is 1.86 bits per heavy atom. The van der Waals surface area contributed by atoms with Crippen molar-refractivity contribution in [3.05, 3.63) is 23.8 Å². The minimum Gasteiger partial charge on any atom is -0.449 e. The van der Waals surface area contributed by atoms with Crippen LogP contribution in [0.4, 0.5) is 0 Å². The number of fused-ring (bicyclic) bond motifs is 7. The summed E-state index contributed by atoms with van der Waals surface area (Å²) in [5.74, 6) is 1.23. The molecule has 0 aliphatic heterocycles. The van der Waals surface area contributed by atoms with Gasteiger partial charge in [0.15, 0.2) is 17.2 Å². The molecule has 3 fully saturated rings. The summed E-state index contributed by atoms with van der Waals surface area (Å²) in [4.78, 5) is 37.2. The van der Waals surface area contributed by atoms with Crippen LogP contribution in [-0.4, -0.2) is 28.5 Å². The first-order chi connectivity index (χ1) is 13.6. The molecule has 0 aromatic heterocycles. The van der Waals surface area contributed by atoms with E-state index < -0.39 is 22.4 Å². The summed E-state index contributed by atoms with van der Waals surface area (Å²) in [5.41, 5.74) is -0.535. The Morgan fingerprint density at radius 1 is 1.14 bits per heavy atom.